The SMILES string of the molecule is [B]B=NC1Cn2cc(nn2)CC(C(=O)O)C1=O. The number of ketones is 1. The number of carboxylic acid groups (broad SMARTS) is 1. The molecule has 9 heteroatoms. The van der Waals surface area contributed by atoms with Crippen molar-refractivity contribution in [3.8, 4) is 0 Å². The van der Waals surface area contributed by atoms with E-state index in [2.05, 4.69) is 15.2 Å². The molecule has 2 unspecified atom stereocenters. The summed E-state index contributed by atoms with van der Waals surface area (Å²) in [6, 6.07) is -0.823. The molecule has 2 rings (SSSR count). The topological polar surface area (TPSA) is 97.4 Å². The molecule has 0 saturated carbocycles. The summed E-state index contributed by atoms with van der Waals surface area (Å²) in [6.07, 6.45) is 1.65. The average Bonchev–Trinajstić information content (AvgIpc) is 2.71. The van der Waals surface area contributed by atoms with Crippen molar-refractivity contribution in [3.05, 3.63) is 11.9 Å². The quantitative estimate of drug-likeness (QED) is 0.489. The molecule has 1 N–H and O–H groups in total. The van der Waals surface area contributed by atoms with Crippen LogP contribution in [-0.2, 0) is 22.6 Å². The Morgan fingerprint density at radius 1 is 1.71 bits per heavy atom. The van der Waals surface area contributed by atoms with Crippen molar-refractivity contribution in [1.29, 1.82) is 0 Å². The third-order valence-corrected chi connectivity index (χ3v) is 2.60. The summed E-state index contributed by atoms with van der Waals surface area (Å²) in [7, 11) is 5.15. The summed E-state index contributed by atoms with van der Waals surface area (Å²) in [4.78, 5) is 26.8. The zero-order valence-corrected chi connectivity index (χ0v) is 8.85. The zero-order chi connectivity index (χ0) is 12.4. The number of carbonyl (C=O) groups is 2. The molecule has 1 aromatic heterocycles. The number of hydrogen-bond donors (Lipinski definition) is 1. The monoisotopic (exact) mass is 230 g/mol. The first-order valence-electron chi connectivity index (χ1n) is 5.00. The second-order valence-corrected chi connectivity index (χ2v) is 3.74. The molecule has 2 bridgehead atoms. The first kappa shape index (κ1) is 11.7. The third kappa shape index (κ3) is 2.32. The van der Waals surface area contributed by atoms with E-state index in [1.54, 1.807) is 6.20 Å². The van der Waals surface area contributed by atoms with Crippen molar-refractivity contribution in [1.82, 2.24) is 15.0 Å². The molecule has 2 atom stereocenters. The number of carbonyl (C=O) groups excluding carboxylic acids is 1. The van der Waals surface area contributed by atoms with Crippen LogP contribution in [0, 0.1) is 5.92 Å². The van der Waals surface area contributed by atoms with E-state index in [0.29, 0.717) is 5.69 Å². The van der Waals surface area contributed by atoms with Gasteiger partial charge in [-0.15, -0.1) is 0 Å². The van der Waals surface area contributed by atoms with E-state index in [-0.39, 0.29) is 13.0 Å². The molecule has 1 aromatic rings. The number of rotatable bonds is 2. The fourth-order valence-electron chi connectivity index (χ4n) is 1.76. The van der Waals surface area contributed by atoms with Gasteiger partial charge in [-0.2, -0.15) is 0 Å². The summed E-state index contributed by atoms with van der Waals surface area (Å²) < 4.78 is 1.46. The second kappa shape index (κ2) is 4.60. The van der Waals surface area contributed by atoms with Crippen molar-refractivity contribution in [2.24, 2.45) is 10.8 Å². The van der Waals surface area contributed by atoms with Crippen LogP contribution in [0.4, 0.5) is 0 Å². The Hall–Kier alpha value is -1.79. The number of fused-ring (bicyclic) bond motifs is 2. The Bertz CT molecular complexity index is 487. The van der Waals surface area contributed by atoms with E-state index in [1.165, 1.54) is 4.68 Å². The Morgan fingerprint density at radius 2 is 2.47 bits per heavy atom. The van der Waals surface area contributed by atoms with Crippen LogP contribution in [0.15, 0.2) is 11.1 Å². The van der Waals surface area contributed by atoms with Crippen molar-refractivity contribution in [2.45, 2.75) is 19.0 Å². The third-order valence-electron chi connectivity index (χ3n) is 2.60. The summed E-state index contributed by atoms with van der Waals surface area (Å²) in [5.41, 5.74) is 0.487. The average molecular weight is 230 g/mol. The van der Waals surface area contributed by atoms with Crippen LogP contribution >= 0.6 is 0 Å². The van der Waals surface area contributed by atoms with Crippen LogP contribution in [-0.4, -0.2) is 52.6 Å². The van der Waals surface area contributed by atoms with Crippen molar-refractivity contribution < 1.29 is 14.7 Å². The first-order valence-corrected chi connectivity index (χ1v) is 5.00. The molecule has 0 saturated heterocycles. The van der Waals surface area contributed by atoms with Gasteiger partial charge in [-0.25, -0.2) is 0 Å². The van der Waals surface area contributed by atoms with Gasteiger partial charge in [-0.05, 0) is 0 Å². The van der Waals surface area contributed by atoms with Crippen LogP contribution < -0.4 is 0 Å². The molecule has 0 aromatic carbocycles. The molecule has 2 heterocycles. The molecule has 0 amide bonds. The fourth-order valence-corrected chi connectivity index (χ4v) is 1.76. The van der Waals surface area contributed by atoms with E-state index in [4.69, 9.17) is 12.8 Å². The van der Waals surface area contributed by atoms with Gasteiger partial charge in [0.25, 0.3) is 0 Å². The van der Waals surface area contributed by atoms with Crippen LogP contribution in [0.25, 0.3) is 0 Å². The van der Waals surface area contributed by atoms with Crippen molar-refractivity contribution >= 4 is 26.5 Å². The van der Waals surface area contributed by atoms with Gasteiger partial charge in [-0.3, -0.25) is 0 Å². The Morgan fingerprint density at radius 3 is 3.12 bits per heavy atom. The van der Waals surface area contributed by atoms with E-state index in [9.17, 15) is 9.59 Å². The molecular weight excluding hydrogens is 222 g/mol. The standard InChI is InChI=1S/C8H8B2N4O3/c9-10-11-6-3-14-2-4(12-13-14)1-5(7(6)15)8(16)17/h2,5-6H,1,3H2,(H,16,17). The van der Waals surface area contributed by atoms with E-state index < -0.39 is 23.7 Å². The molecule has 84 valence electrons. The second-order valence-electron chi connectivity index (χ2n) is 3.74. The van der Waals surface area contributed by atoms with Gasteiger partial charge in [0.05, 0.1) is 0 Å². The van der Waals surface area contributed by atoms with Crippen LogP contribution in [0.5, 0.6) is 0 Å². The predicted octanol–water partition coefficient (Wildman–Crippen LogP) is -1.56. The summed E-state index contributed by atoms with van der Waals surface area (Å²) in [6.45, 7) is 1.16. The molecule has 2 radical (unpaired) electrons. The van der Waals surface area contributed by atoms with E-state index in [0.717, 1.165) is 6.96 Å². The summed E-state index contributed by atoms with van der Waals surface area (Å²) in [5.74, 6) is -2.79. The summed E-state index contributed by atoms with van der Waals surface area (Å²) >= 11 is 0. The number of aromatic nitrogens is 3. The van der Waals surface area contributed by atoms with Gasteiger partial charge in [0.2, 0.25) is 0 Å². The molecule has 1 aliphatic rings. The number of Topliss-reactive ketones (excluding diaryl/α,β-unsaturated/α-hetero) is 1. The maximum absolute atomic E-state index is 12.0. The van der Waals surface area contributed by atoms with Gasteiger partial charge >= 0.3 is 97.9 Å². The maximum atomic E-state index is 12.0. The molecule has 1 aliphatic heterocycles. The van der Waals surface area contributed by atoms with Gasteiger partial charge in [0, 0.05) is 0 Å². The Labute approximate surface area is 98.5 Å². The van der Waals surface area contributed by atoms with E-state index >= 15 is 0 Å². The number of aliphatic carboxylic acids is 1. The first-order chi connectivity index (χ1) is 8.11. The van der Waals surface area contributed by atoms with Gasteiger partial charge in [-0.1, -0.05) is 0 Å². The normalized spacial score (nSPS) is 24.1. The van der Waals surface area contributed by atoms with E-state index in [1.807, 2.05) is 0 Å². The molecule has 7 nitrogen and oxygen atoms in total. The predicted molar refractivity (Wildman–Crippen MR) is 57.6 cm³/mol. The molecular formula is C8H8B2N4O3. The van der Waals surface area contributed by atoms with Crippen LogP contribution in [0.1, 0.15) is 5.69 Å². The summed E-state index contributed by atoms with van der Waals surface area (Å²) in [5, 5.41) is 16.6. The van der Waals surface area contributed by atoms with Gasteiger partial charge in [0.1, 0.15) is 0 Å². The van der Waals surface area contributed by atoms with Gasteiger partial charge in [0.15, 0.2) is 0 Å². The molecule has 0 spiro atoms. The van der Waals surface area contributed by atoms with Crippen molar-refractivity contribution in [2.75, 3.05) is 0 Å². The minimum atomic E-state index is -1.18. The van der Waals surface area contributed by atoms with Crippen LogP contribution in [0.2, 0.25) is 0 Å². The zero-order valence-electron chi connectivity index (χ0n) is 8.85. The number of carboxylic acids is 1. The fraction of sp³-hybridized carbons (Fsp3) is 0.500. The van der Waals surface area contributed by atoms with Crippen LogP contribution in [0.3, 0.4) is 0 Å². The molecule has 0 aliphatic carbocycles. The van der Waals surface area contributed by atoms with Gasteiger partial charge < -0.3 is 0 Å². The van der Waals surface area contributed by atoms with Crippen molar-refractivity contribution in [3.63, 3.8) is 0 Å². The number of nitrogens with zero attached hydrogens (tertiary/aromatic N) is 4. The minimum absolute atomic E-state index is 0.0325. The Balaban J connectivity index is 2.38. The Kier molecular flexibility index (Phi) is 3.16. The molecule has 17 heavy (non-hydrogen) atoms. The molecule has 0 fully saturated rings. The number of hydrogen-bond acceptors (Lipinski definition) is 5.